The number of hydrogen-bond acceptors (Lipinski definition) is 3. The van der Waals surface area contributed by atoms with Gasteiger partial charge in [-0.1, -0.05) is 23.2 Å². The minimum absolute atomic E-state index is 0.0432. The van der Waals surface area contributed by atoms with Gasteiger partial charge in [0.15, 0.2) is 5.82 Å². The first-order valence-corrected chi connectivity index (χ1v) is 7.67. The second-order valence-corrected chi connectivity index (χ2v) is 6.54. The lowest BCUT2D eigenvalue weighted by Crippen LogP contribution is -2.16. The van der Waals surface area contributed by atoms with Gasteiger partial charge in [0, 0.05) is 10.7 Å². The van der Waals surface area contributed by atoms with Gasteiger partial charge < -0.3 is 5.73 Å². The Morgan fingerprint density at radius 1 is 1.10 bits per heavy atom. The van der Waals surface area contributed by atoms with Crippen molar-refractivity contribution in [3.05, 3.63) is 52.0 Å². The molecule has 0 fully saturated rings. The fourth-order valence-electron chi connectivity index (χ4n) is 1.55. The maximum atomic E-state index is 13.8. The van der Waals surface area contributed by atoms with Crippen LogP contribution in [0.2, 0.25) is 10.0 Å². The number of hydrogen-bond donors (Lipinski definition) is 2. The van der Waals surface area contributed by atoms with Gasteiger partial charge in [0.05, 0.1) is 10.7 Å². The number of anilines is 2. The molecule has 0 spiro atoms. The summed E-state index contributed by atoms with van der Waals surface area (Å²) in [4.78, 5) is -0.776. The van der Waals surface area contributed by atoms with Crippen molar-refractivity contribution >= 4 is 44.6 Å². The van der Waals surface area contributed by atoms with Crippen LogP contribution in [0.15, 0.2) is 35.2 Å². The summed E-state index contributed by atoms with van der Waals surface area (Å²) in [5.74, 6) is -2.07. The number of halogens is 4. The zero-order chi connectivity index (χ0) is 15.8. The molecule has 112 valence electrons. The highest BCUT2D eigenvalue weighted by atomic mass is 35.5. The van der Waals surface area contributed by atoms with Crippen molar-refractivity contribution in [1.29, 1.82) is 0 Å². The molecule has 0 amide bonds. The van der Waals surface area contributed by atoms with Crippen LogP contribution in [0.4, 0.5) is 20.2 Å². The number of rotatable bonds is 3. The molecule has 0 unspecified atom stereocenters. The van der Waals surface area contributed by atoms with Crippen LogP contribution >= 0.6 is 23.2 Å². The lowest BCUT2D eigenvalue weighted by Gasteiger charge is -2.11. The summed E-state index contributed by atoms with van der Waals surface area (Å²) in [5, 5.41) is -0.361. The molecular weight excluding hydrogens is 345 g/mol. The van der Waals surface area contributed by atoms with Gasteiger partial charge in [-0.05, 0) is 30.3 Å². The van der Waals surface area contributed by atoms with Crippen molar-refractivity contribution in [3.63, 3.8) is 0 Å². The predicted octanol–water partition coefficient (Wildman–Crippen LogP) is 3.65. The minimum Gasteiger partial charge on any atom is -0.399 e. The Labute approximate surface area is 129 Å². The first-order valence-electron chi connectivity index (χ1n) is 5.43. The van der Waals surface area contributed by atoms with Crippen LogP contribution < -0.4 is 10.5 Å². The molecule has 0 saturated carbocycles. The molecule has 4 nitrogen and oxygen atoms in total. The van der Waals surface area contributed by atoms with Crippen LogP contribution in [0, 0.1) is 11.6 Å². The fraction of sp³-hybridized carbons (Fsp3) is 0. The van der Waals surface area contributed by atoms with Crippen molar-refractivity contribution in [1.82, 2.24) is 0 Å². The van der Waals surface area contributed by atoms with Crippen LogP contribution in [0.3, 0.4) is 0 Å². The molecule has 2 aromatic carbocycles. The van der Waals surface area contributed by atoms with E-state index in [1.807, 2.05) is 4.72 Å². The van der Waals surface area contributed by atoms with E-state index in [-0.39, 0.29) is 16.4 Å². The quantitative estimate of drug-likeness (QED) is 0.828. The van der Waals surface area contributed by atoms with E-state index in [2.05, 4.69) is 0 Å². The van der Waals surface area contributed by atoms with Crippen LogP contribution in [-0.4, -0.2) is 8.42 Å². The summed E-state index contributed by atoms with van der Waals surface area (Å²) in [7, 11) is -4.40. The third-order valence-corrected chi connectivity index (χ3v) is 4.36. The molecule has 9 heteroatoms. The standard InChI is InChI=1S/C12H8Cl2F2N2O2S/c13-6-1-2-10(9(15)3-6)18-21(19,20)11-5-7(17)4-8(14)12(11)16/h1-5,18H,17H2. The molecular formula is C12H8Cl2F2N2O2S. The van der Waals surface area contributed by atoms with Crippen molar-refractivity contribution in [2.45, 2.75) is 4.90 Å². The largest absolute Gasteiger partial charge is 0.399 e. The summed E-state index contributed by atoms with van der Waals surface area (Å²) in [6.45, 7) is 0. The van der Waals surface area contributed by atoms with Crippen LogP contribution in [-0.2, 0) is 10.0 Å². The van der Waals surface area contributed by atoms with Gasteiger partial charge >= 0.3 is 0 Å². The molecule has 2 aromatic rings. The maximum Gasteiger partial charge on any atom is 0.265 e. The third-order valence-electron chi connectivity index (χ3n) is 2.48. The number of nitrogens with two attached hydrogens (primary N) is 1. The van der Waals surface area contributed by atoms with Crippen LogP contribution in [0.1, 0.15) is 0 Å². The summed E-state index contributed by atoms with van der Waals surface area (Å²) >= 11 is 11.1. The SMILES string of the molecule is Nc1cc(Cl)c(F)c(S(=O)(=O)Nc2ccc(Cl)cc2F)c1. The summed E-state index contributed by atoms with van der Waals surface area (Å²) < 4.78 is 53.5. The number of benzene rings is 2. The van der Waals surface area contributed by atoms with Gasteiger partial charge in [-0.2, -0.15) is 0 Å². The highest BCUT2D eigenvalue weighted by molar-refractivity contribution is 7.92. The lowest BCUT2D eigenvalue weighted by atomic mass is 10.3. The van der Waals surface area contributed by atoms with Crippen molar-refractivity contribution in [3.8, 4) is 0 Å². The van der Waals surface area contributed by atoms with E-state index in [1.165, 1.54) is 6.07 Å². The topological polar surface area (TPSA) is 72.2 Å². The molecule has 0 bridgehead atoms. The fourth-order valence-corrected chi connectivity index (χ4v) is 3.20. The van der Waals surface area contributed by atoms with E-state index in [9.17, 15) is 17.2 Å². The first-order chi connectivity index (χ1) is 9.70. The Hall–Kier alpha value is -1.57. The van der Waals surface area contributed by atoms with Gasteiger partial charge in [-0.25, -0.2) is 17.2 Å². The highest BCUT2D eigenvalue weighted by Crippen LogP contribution is 2.28. The lowest BCUT2D eigenvalue weighted by molar-refractivity contribution is 0.570. The predicted molar refractivity (Wildman–Crippen MR) is 78.0 cm³/mol. The minimum atomic E-state index is -4.40. The summed E-state index contributed by atoms with van der Waals surface area (Å²) in [5.41, 5.74) is 5.01. The van der Waals surface area contributed by atoms with E-state index in [1.54, 1.807) is 0 Å². The summed E-state index contributed by atoms with van der Waals surface area (Å²) in [6, 6.07) is 5.27. The Balaban J connectivity index is 2.48. The Morgan fingerprint density at radius 3 is 2.38 bits per heavy atom. The summed E-state index contributed by atoms with van der Waals surface area (Å²) in [6.07, 6.45) is 0. The second kappa shape index (κ2) is 5.67. The van der Waals surface area contributed by atoms with E-state index in [0.717, 1.165) is 24.3 Å². The Morgan fingerprint density at radius 2 is 1.76 bits per heavy atom. The molecule has 0 radical (unpaired) electrons. The molecule has 0 heterocycles. The van der Waals surface area contributed by atoms with Gasteiger partial charge in [0.1, 0.15) is 10.7 Å². The maximum absolute atomic E-state index is 13.8. The van der Waals surface area contributed by atoms with Crippen LogP contribution in [0.5, 0.6) is 0 Å². The van der Waals surface area contributed by atoms with Gasteiger partial charge in [0.25, 0.3) is 10.0 Å². The van der Waals surface area contributed by atoms with Crippen LogP contribution in [0.25, 0.3) is 0 Å². The average molecular weight is 353 g/mol. The highest BCUT2D eigenvalue weighted by Gasteiger charge is 2.23. The zero-order valence-electron chi connectivity index (χ0n) is 10.2. The monoisotopic (exact) mass is 352 g/mol. The van der Waals surface area contributed by atoms with E-state index in [4.69, 9.17) is 28.9 Å². The number of nitrogens with one attached hydrogen (secondary N) is 1. The Kier molecular flexibility index (Phi) is 4.27. The molecule has 3 N–H and O–H groups in total. The smallest absolute Gasteiger partial charge is 0.265 e. The number of sulfonamides is 1. The molecule has 0 aromatic heterocycles. The number of nitrogen functional groups attached to an aromatic ring is 1. The zero-order valence-corrected chi connectivity index (χ0v) is 12.5. The molecule has 0 aliphatic heterocycles. The molecule has 0 aliphatic rings. The van der Waals surface area contributed by atoms with Gasteiger partial charge in [-0.15, -0.1) is 0 Å². The van der Waals surface area contributed by atoms with E-state index in [0.29, 0.717) is 0 Å². The van der Waals surface area contributed by atoms with Gasteiger partial charge in [-0.3, -0.25) is 4.72 Å². The second-order valence-electron chi connectivity index (χ2n) is 4.04. The van der Waals surface area contributed by atoms with E-state index >= 15 is 0 Å². The molecule has 0 saturated heterocycles. The molecule has 2 rings (SSSR count). The Bertz CT molecular complexity index is 813. The molecule has 21 heavy (non-hydrogen) atoms. The van der Waals surface area contributed by atoms with E-state index < -0.39 is 31.6 Å². The first kappa shape index (κ1) is 15.8. The molecule has 0 atom stereocenters. The molecule has 0 aliphatic carbocycles. The normalized spacial score (nSPS) is 11.4. The van der Waals surface area contributed by atoms with Crippen molar-refractivity contribution < 1.29 is 17.2 Å². The van der Waals surface area contributed by atoms with Crippen molar-refractivity contribution in [2.24, 2.45) is 0 Å². The van der Waals surface area contributed by atoms with Crippen molar-refractivity contribution in [2.75, 3.05) is 10.5 Å². The average Bonchev–Trinajstić information content (AvgIpc) is 2.37. The van der Waals surface area contributed by atoms with Gasteiger partial charge in [0.2, 0.25) is 0 Å². The third kappa shape index (κ3) is 3.37.